The van der Waals surface area contributed by atoms with E-state index in [2.05, 4.69) is 0 Å². The fraction of sp³-hybridized carbons (Fsp3) is 0.455. The summed E-state index contributed by atoms with van der Waals surface area (Å²) < 4.78 is 5.13. The molecule has 0 fully saturated rings. The molecule has 1 aromatic rings. The van der Waals surface area contributed by atoms with Gasteiger partial charge in [0.25, 0.3) is 0 Å². The minimum absolute atomic E-state index is 0.157. The van der Waals surface area contributed by atoms with Gasteiger partial charge in [0.2, 0.25) is 0 Å². The lowest BCUT2D eigenvalue weighted by molar-refractivity contribution is 0.160. The molecule has 0 aromatic heterocycles. The Morgan fingerprint density at radius 1 is 1.50 bits per heavy atom. The van der Waals surface area contributed by atoms with E-state index >= 15 is 0 Å². The number of ether oxygens (including phenoxy) is 1. The zero-order valence-electron chi connectivity index (χ0n) is 8.03. The van der Waals surface area contributed by atoms with E-state index in [1.54, 1.807) is 7.11 Å². The van der Waals surface area contributed by atoms with E-state index in [0.29, 0.717) is 0 Å². The number of aliphatic hydroxyl groups excluding tert-OH is 1. The first-order chi connectivity index (χ1) is 6.72. The third-order valence-corrected chi connectivity index (χ3v) is 3.16. The number of fused-ring (bicyclic) bond motifs is 1. The number of aryl methyl sites for hydroxylation is 1. The van der Waals surface area contributed by atoms with Gasteiger partial charge in [-0.3, -0.25) is 0 Å². The van der Waals surface area contributed by atoms with E-state index in [4.69, 9.17) is 16.3 Å². The molecular weight excluding hydrogens is 200 g/mol. The topological polar surface area (TPSA) is 29.5 Å². The maximum absolute atomic E-state index is 9.82. The van der Waals surface area contributed by atoms with Crippen LogP contribution in [0.5, 0.6) is 5.75 Å². The molecular formula is C11H13ClO2. The number of aliphatic hydroxyl groups is 1. The molecule has 0 spiro atoms. The van der Waals surface area contributed by atoms with Crippen LogP contribution in [-0.2, 0) is 6.42 Å². The van der Waals surface area contributed by atoms with Gasteiger partial charge in [-0.1, -0.05) is 6.07 Å². The highest BCUT2D eigenvalue weighted by atomic mass is 35.5. The largest absolute Gasteiger partial charge is 0.497 e. The van der Waals surface area contributed by atoms with Crippen LogP contribution in [0.15, 0.2) is 18.2 Å². The van der Waals surface area contributed by atoms with Crippen molar-refractivity contribution in [2.75, 3.05) is 7.11 Å². The number of rotatable bonds is 1. The van der Waals surface area contributed by atoms with Gasteiger partial charge in [0, 0.05) is 0 Å². The Bertz CT molecular complexity index is 338. The summed E-state index contributed by atoms with van der Waals surface area (Å²) in [6.07, 6.45) is 1.20. The van der Waals surface area contributed by atoms with Crippen LogP contribution in [0.4, 0.5) is 0 Å². The summed E-state index contributed by atoms with van der Waals surface area (Å²) in [6.45, 7) is 0. The third-order valence-electron chi connectivity index (χ3n) is 2.70. The molecule has 1 aliphatic rings. The van der Waals surface area contributed by atoms with Crippen molar-refractivity contribution in [3.05, 3.63) is 29.3 Å². The van der Waals surface area contributed by atoms with Gasteiger partial charge in [0.15, 0.2) is 0 Å². The minimum atomic E-state index is -0.536. The Labute approximate surface area is 88.5 Å². The summed E-state index contributed by atoms with van der Waals surface area (Å²) in [5.41, 5.74) is 2.09. The maximum Gasteiger partial charge on any atom is 0.119 e. The van der Waals surface area contributed by atoms with Crippen molar-refractivity contribution in [1.82, 2.24) is 0 Å². The highest BCUT2D eigenvalue weighted by molar-refractivity contribution is 6.21. The molecule has 0 saturated heterocycles. The molecule has 0 unspecified atom stereocenters. The lowest BCUT2D eigenvalue weighted by Crippen LogP contribution is -2.20. The van der Waals surface area contributed by atoms with Gasteiger partial charge in [0.05, 0.1) is 18.6 Å². The quantitative estimate of drug-likeness (QED) is 0.724. The van der Waals surface area contributed by atoms with Gasteiger partial charge in [-0.15, -0.1) is 11.6 Å². The van der Waals surface area contributed by atoms with E-state index < -0.39 is 6.10 Å². The number of halogens is 1. The van der Waals surface area contributed by atoms with Crippen LogP contribution < -0.4 is 4.74 Å². The number of benzene rings is 1. The smallest absolute Gasteiger partial charge is 0.119 e. The Morgan fingerprint density at radius 2 is 2.29 bits per heavy atom. The predicted molar refractivity (Wildman–Crippen MR) is 55.9 cm³/mol. The second-order valence-corrected chi connectivity index (χ2v) is 4.12. The second-order valence-electron chi connectivity index (χ2n) is 3.56. The third kappa shape index (κ3) is 1.60. The van der Waals surface area contributed by atoms with Gasteiger partial charge in [-0.25, -0.2) is 0 Å². The Morgan fingerprint density at radius 3 is 3.00 bits per heavy atom. The number of alkyl halides is 1. The minimum Gasteiger partial charge on any atom is -0.497 e. The molecule has 0 bridgehead atoms. The number of hydrogen-bond donors (Lipinski definition) is 1. The first-order valence-corrected chi connectivity index (χ1v) is 5.15. The zero-order chi connectivity index (χ0) is 10.1. The average Bonchev–Trinajstić information content (AvgIpc) is 2.23. The fourth-order valence-electron chi connectivity index (χ4n) is 1.86. The predicted octanol–water partition coefficient (Wildman–Crippen LogP) is 2.28. The first kappa shape index (κ1) is 9.81. The Balaban J connectivity index is 2.38. The van der Waals surface area contributed by atoms with Gasteiger partial charge < -0.3 is 9.84 Å². The molecule has 1 N–H and O–H groups in total. The molecule has 1 aromatic carbocycles. The molecule has 2 atom stereocenters. The molecule has 2 rings (SSSR count). The number of hydrogen-bond acceptors (Lipinski definition) is 2. The molecule has 76 valence electrons. The molecule has 14 heavy (non-hydrogen) atoms. The van der Waals surface area contributed by atoms with Gasteiger partial charge in [-0.05, 0) is 36.1 Å². The fourth-order valence-corrected chi connectivity index (χ4v) is 2.11. The van der Waals surface area contributed by atoms with Crippen molar-refractivity contribution in [2.45, 2.75) is 24.3 Å². The van der Waals surface area contributed by atoms with E-state index in [0.717, 1.165) is 29.7 Å². The van der Waals surface area contributed by atoms with E-state index in [9.17, 15) is 5.11 Å². The van der Waals surface area contributed by atoms with Crippen molar-refractivity contribution in [3.8, 4) is 5.75 Å². The molecule has 0 saturated carbocycles. The van der Waals surface area contributed by atoms with Crippen LogP contribution in [0.1, 0.15) is 23.7 Å². The van der Waals surface area contributed by atoms with Crippen LogP contribution >= 0.6 is 11.6 Å². The summed E-state index contributed by atoms with van der Waals surface area (Å²) >= 11 is 5.99. The van der Waals surface area contributed by atoms with Crippen molar-refractivity contribution in [1.29, 1.82) is 0 Å². The first-order valence-electron chi connectivity index (χ1n) is 4.71. The van der Waals surface area contributed by atoms with Gasteiger partial charge in [0.1, 0.15) is 5.75 Å². The molecule has 3 heteroatoms. The molecule has 0 amide bonds. The monoisotopic (exact) mass is 212 g/mol. The van der Waals surface area contributed by atoms with E-state index in [-0.39, 0.29) is 5.38 Å². The van der Waals surface area contributed by atoms with E-state index in [1.165, 1.54) is 0 Å². The summed E-state index contributed by atoms with van der Waals surface area (Å²) in [7, 11) is 1.64. The summed E-state index contributed by atoms with van der Waals surface area (Å²) in [5, 5.41) is 9.66. The summed E-state index contributed by atoms with van der Waals surface area (Å²) in [4.78, 5) is 0. The molecule has 0 heterocycles. The standard InChI is InChI=1S/C11H13ClO2/c1-14-8-3-4-9-7(6-8)2-5-10(12)11(9)13/h3-4,6,10-11,13H,2,5H2,1H3/t10-,11+/m0/s1. The Kier molecular flexibility index (Phi) is 2.66. The van der Waals surface area contributed by atoms with E-state index in [1.807, 2.05) is 18.2 Å². The number of methoxy groups -OCH3 is 1. The van der Waals surface area contributed by atoms with Crippen LogP contribution in [0.3, 0.4) is 0 Å². The van der Waals surface area contributed by atoms with Crippen molar-refractivity contribution in [3.63, 3.8) is 0 Å². The van der Waals surface area contributed by atoms with Gasteiger partial charge in [-0.2, -0.15) is 0 Å². The maximum atomic E-state index is 9.82. The zero-order valence-corrected chi connectivity index (χ0v) is 8.79. The second kappa shape index (κ2) is 3.79. The van der Waals surface area contributed by atoms with Crippen molar-refractivity contribution >= 4 is 11.6 Å². The normalized spacial score (nSPS) is 25.6. The molecule has 1 aliphatic carbocycles. The SMILES string of the molecule is COc1ccc2c(c1)CC[C@H](Cl)[C@@H]2O. The van der Waals surface area contributed by atoms with Crippen LogP contribution in [0, 0.1) is 0 Å². The van der Waals surface area contributed by atoms with Crippen LogP contribution in [0.2, 0.25) is 0 Å². The van der Waals surface area contributed by atoms with Crippen molar-refractivity contribution < 1.29 is 9.84 Å². The van der Waals surface area contributed by atoms with Crippen molar-refractivity contribution in [2.24, 2.45) is 0 Å². The Hall–Kier alpha value is -0.730. The highest BCUT2D eigenvalue weighted by Gasteiger charge is 2.26. The molecule has 0 radical (unpaired) electrons. The average molecular weight is 213 g/mol. The van der Waals surface area contributed by atoms with Crippen LogP contribution in [0.25, 0.3) is 0 Å². The summed E-state index contributed by atoms with van der Waals surface area (Å²) in [5.74, 6) is 0.837. The lowest BCUT2D eigenvalue weighted by atomic mass is 9.89. The highest BCUT2D eigenvalue weighted by Crippen LogP contribution is 2.34. The van der Waals surface area contributed by atoms with Crippen LogP contribution in [-0.4, -0.2) is 17.6 Å². The molecule has 0 aliphatic heterocycles. The molecule has 2 nitrogen and oxygen atoms in total. The summed E-state index contributed by atoms with van der Waals surface area (Å²) in [6, 6.07) is 5.73. The van der Waals surface area contributed by atoms with Gasteiger partial charge >= 0.3 is 0 Å². The lowest BCUT2D eigenvalue weighted by Gasteiger charge is -2.26.